The van der Waals surface area contributed by atoms with E-state index in [0.717, 1.165) is 25.5 Å². The van der Waals surface area contributed by atoms with Crippen LogP contribution < -0.4 is 4.90 Å². The molecule has 4 rings (SSSR count). The molecule has 1 saturated heterocycles. The van der Waals surface area contributed by atoms with E-state index in [1.807, 2.05) is 18.2 Å². The summed E-state index contributed by atoms with van der Waals surface area (Å²) in [5.74, 6) is 1.46. The first-order valence-corrected chi connectivity index (χ1v) is 9.17. The molecule has 1 atom stereocenters. The van der Waals surface area contributed by atoms with Gasteiger partial charge in [-0.1, -0.05) is 53.7 Å². The molecule has 0 amide bonds. The van der Waals surface area contributed by atoms with Crippen molar-refractivity contribution in [3.05, 3.63) is 77.9 Å². The van der Waals surface area contributed by atoms with Crippen LogP contribution in [0.2, 0.25) is 0 Å². The Hall–Kier alpha value is -2.66. The van der Waals surface area contributed by atoms with Crippen molar-refractivity contribution in [3.63, 3.8) is 0 Å². The largest absolute Gasteiger partial charge is 0.369 e. The second kappa shape index (κ2) is 7.70. The van der Waals surface area contributed by atoms with E-state index in [9.17, 15) is 0 Å². The fraction of sp³-hybridized carbons (Fsp3) is 0.333. The minimum Gasteiger partial charge on any atom is -0.369 e. The highest BCUT2D eigenvalue weighted by Gasteiger charge is 2.25. The first-order chi connectivity index (χ1) is 12.8. The summed E-state index contributed by atoms with van der Waals surface area (Å²) in [6.07, 6.45) is 0.710. The molecule has 3 aromatic rings. The lowest BCUT2D eigenvalue weighted by Crippen LogP contribution is -2.51. The number of aromatic nitrogens is 2. The summed E-state index contributed by atoms with van der Waals surface area (Å²) in [5, 5.41) is 4.14. The van der Waals surface area contributed by atoms with Gasteiger partial charge in [0.15, 0.2) is 5.82 Å². The zero-order valence-electron chi connectivity index (χ0n) is 15.1. The van der Waals surface area contributed by atoms with E-state index >= 15 is 0 Å². The van der Waals surface area contributed by atoms with E-state index < -0.39 is 0 Å². The normalized spacial score (nSPS) is 18.2. The van der Waals surface area contributed by atoms with Gasteiger partial charge in [0.2, 0.25) is 5.89 Å². The summed E-state index contributed by atoms with van der Waals surface area (Å²) in [4.78, 5) is 9.43. The van der Waals surface area contributed by atoms with Crippen LogP contribution in [0.3, 0.4) is 0 Å². The number of para-hydroxylation sites is 1. The Kier molecular flexibility index (Phi) is 4.97. The van der Waals surface area contributed by atoms with Gasteiger partial charge in [-0.25, -0.2) is 0 Å². The summed E-state index contributed by atoms with van der Waals surface area (Å²) >= 11 is 0. The number of hydrogen-bond donors (Lipinski definition) is 0. The second-order valence-corrected chi connectivity index (χ2v) is 6.87. The molecule has 2 aromatic carbocycles. The minimum absolute atomic E-state index is 0.438. The van der Waals surface area contributed by atoms with E-state index in [1.54, 1.807) is 0 Å². The van der Waals surface area contributed by atoms with Gasteiger partial charge in [-0.05, 0) is 24.6 Å². The molecule has 5 heteroatoms. The van der Waals surface area contributed by atoms with Crippen LogP contribution in [0.25, 0.3) is 0 Å². The van der Waals surface area contributed by atoms with Gasteiger partial charge in [-0.2, -0.15) is 4.98 Å². The lowest BCUT2D eigenvalue weighted by molar-refractivity contribution is 0.159. The molecule has 0 radical (unpaired) electrons. The molecule has 1 aliphatic rings. The summed E-state index contributed by atoms with van der Waals surface area (Å²) in [7, 11) is 0. The van der Waals surface area contributed by atoms with Crippen molar-refractivity contribution in [2.75, 3.05) is 24.5 Å². The van der Waals surface area contributed by atoms with Crippen LogP contribution in [0.4, 0.5) is 5.69 Å². The third-order valence-corrected chi connectivity index (χ3v) is 4.94. The van der Waals surface area contributed by atoms with Crippen molar-refractivity contribution in [1.82, 2.24) is 15.0 Å². The van der Waals surface area contributed by atoms with Crippen LogP contribution in [0.1, 0.15) is 24.2 Å². The summed E-state index contributed by atoms with van der Waals surface area (Å²) in [5.41, 5.74) is 2.49. The van der Waals surface area contributed by atoms with Crippen molar-refractivity contribution < 1.29 is 4.52 Å². The van der Waals surface area contributed by atoms with E-state index in [4.69, 9.17) is 4.52 Å². The predicted octanol–water partition coefficient (Wildman–Crippen LogP) is 3.37. The van der Waals surface area contributed by atoms with Gasteiger partial charge in [-0.15, -0.1) is 0 Å². The minimum atomic E-state index is 0.438. The third kappa shape index (κ3) is 3.94. The van der Waals surface area contributed by atoms with Crippen molar-refractivity contribution in [2.24, 2.45) is 0 Å². The van der Waals surface area contributed by atoms with Gasteiger partial charge < -0.3 is 9.42 Å². The number of anilines is 1. The molecule has 5 nitrogen and oxygen atoms in total. The Bertz CT molecular complexity index is 818. The highest BCUT2D eigenvalue weighted by Crippen LogP contribution is 2.20. The number of rotatable bonds is 5. The fourth-order valence-electron chi connectivity index (χ4n) is 3.48. The van der Waals surface area contributed by atoms with E-state index in [0.29, 0.717) is 24.9 Å². The predicted molar refractivity (Wildman–Crippen MR) is 102 cm³/mol. The zero-order valence-corrected chi connectivity index (χ0v) is 15.1. The highest BCUT2D eigenvalue weighted by atomic mass is 16.5. The fourth-order valence-corrected chi connectivity index (χ4v) is 3.48. The SMILES string of the molecule is CC1CN(c2ccccc2)CCN1Cc1nc(Cc2ccccc2)no1. The quantitative estimate of drug-likeness (QED) is 0.707. The molecule has 26 heavy (non-hydrogen) atoms. The van der Waals surface area contributed by atoms with Crippen molar-refractivity contribution in [3.8, 4) is 0 Å². The average Bonchev–Trinajstić information content (AvgIpc) is 3.12. The molecular weight excluding hydrogens is 324 g/mol. The maximum atomic E-state index is 5.48. The van der Waals surface area contributed by atoms with Gasteiger partial charge in [0.25, 0.3) is 0 Å². The molecule has 0 aliphatic carbocycles. The Balaban J connectivity index is 1.35. The Labute approximate surface area is 154 Å². The van der Waals surface area contributed by atoms with Crippen LogP contribution in [-0.2, 0) is 13.0 Å². The smallest absolute Gasteiger partial charge is 0.240 e. The van der Waals surface area contributed by atoms with Gasteiger partial charge in [0.05, 0.1) is 6.54 Å². The van der Waals surface area contributed by atoms with Crippen LogP contribution >= 0.6 is 0 Å². The Morgan fingerprint density at radius 2 is 1.73 bits per heavy atom. The molecule has 1 unspecified atom stereocenters. The summed E-state index contributed by atoms with van der Waals surface area (Å²) < 4.78 is 5.48. The lowest BCUT2D eigenvalue weighted by atomic mass is 10.1. The summed E-state index contributed by atoms with van der Waals surface area (Å²) in [6.45, 7) is 5.99. The molecule has 0 N–H and O–H groups in total. The first kappa shape index (κ1) is 16.8. The second-order valence-electron chi connectivity index (χ2n) is 6.87. The molecule has 1 fully saturated rings. The average molecular weight is 348 g/mol. The number of benzene rings is 2. The van der Waals surface area contributed by atoms with E-state index in [-0.39, 0.29) is 0 Å². The molecule has 1 aliphatic heterocycles. The third-order valence-electron chi connectivity index (χ3n) is 4.94. The van der Waals surface area contributed by atoms with Gasteiger partial charge >= 0.3 is 0 Å². The number of piperazine rings is 1. The maximum absolute atomic E-state index is 5.48. The monoisotopic (exact) mass is 348 g/mol. The highest BCUT2D eigenvalue weighted by molar-refractivity contribution is 5.46. The molecule has 1 aromatic heterocycles. The molecule has 0 bridgehead atoms. The van der Waals surface area contributed by atoms with Crippen molar-refractivity contribution in [2.45, 2.75) is 25.9 Å². The summed E-state index contributed by atoms with van der Waals surface area (Å²) in [6, 6.07) is 21.3. The Morgan fingerprint density at radius 3 is 2.46 bits per heavy atom. The van der Waals surface area contributed by atoms with Crippen LogP contribution in [0.5, 0.6) is 0 Å². The molecule has 2 heterocycles. The van der Waals surface area contributed by atoms with Crippen molar-refractivity contribution >= 4 is 5.69 Å². The van der Waals surface area contributed by atoms with E-state index in [2.05, 4.69) is 69.3 Å². The molecule has 134 valence electrons. The maximum Gasteiger partial charge on any atom is 0.240 e. The van der Waals surface area contributed by atoms with Crippen LogP contribution in [0.15, 0.2) is 65.2 Å². The molecule has 0 saturated carbocycles. The molecule has 0 spiro atoms. The van der Waals surface area contributed by atoms with E-state index in [1.165, 1.54) is 11.3 Å². The van der Waals surface area contributed by atoms with Gasteiger partial charge in [0, 0.05) is 37.8 Å². The standard InChI is InChI=1S/C21H24N4O/c1-17-15-25(19-10-6-3-7-11-19)13-12-24(17)16-21-22-20(23-26-21)14-18-8-4-2-5-9-18/h2-11,17H,12-16H2,1H3. The first-order valence-electron chi connectivity index (χ1n) is 9.17. The number of hydrogen-bond acceptors (Lipinski definition) is 5. The van der Waals surface area contributed by atoms with Crippen LogP contribution in [-0.4, -0.2) is 40.7 Å². The lowest BCUT2D eigenvalue weighted by Gasteiger charge is -2.40. The van der Waals surface area contributed by atoms with Crippen molar-refractivity contribution in [1.29, 1.82) is 0 Å². The number of nitrogens with zero attached hydrogens (tertiary/aromatic N) is 4. The van der Waals surface area contributed by atoms with Gasteiger partial charge in [0.1, 0.15) is 0 Å². The van der Waals surface area contributed by atoms with Gasteiger partial charge in [-0.3, -0.25) is 4.90 Å². The van der Waals surface area contributed by atoms with Crippen LogP contribution in [0, 0.1) is 0 Å². The molecular formula is C21H24N4O. The zero-order chi connectivity index (χ0) is 17.8. The Morgan fingerprint density at radius 1 is 1.00 bits per heavy atom. The topological polar surface area (TPSA) is 45.4 Å².